The quantitative estimate of drug-likeness (QED) is 0.432. The van der Waals surface area contributed by atoms with Crippen LogP contribution in [0.15, 0.2) is 79.4 Å². The van der Waals surface area contributed by atoms with Crippen molar-refractivity contribution in [1.29, 1.82) is 0 Å². The summed E-state index contributed by atoms with van der Waals surface area (Å²) in [5, 5.41) is 2.90. The van der Waals surface area contributed by atoms with Gasteiger partial charge in [-0.05, 0) is 61.9 Å². The van der Waals surface area contributed by atoms with Crippen LogP contribution in [0.25, 0.3) is 11.3 Å². The molecule has 1 amide bonds. The van der Waals surface area contributed by atoms with Crippen molar-refractivity contribution in [2.75, 3.05) is 11.9 Å². The van der Waals surface area contributed by atoms with Crippen LogP contribution < -0.4 is 14.8 Å². The van der Waals surface area contributed by atoms with E-state index in [1.807, 2.05) is 50.2 Å². The zero-order valence-electron chi connectivity index (χ0n) is 17.8. The van der Waals surface area contributed by atoms with E-state index in [1.54, 1.807) is 36.7 Å². The molecular formula is C25H22N4O3. The van der Waals surface area contributed by atoms with E-state index < -0.39 is 0 Å². The Morgan fingerprint density at radius 2 is 1.91 bits per heavy atom. The highest BCUT2D eigenvalue weighted by Crippen LogP contribution is 2.32. The minimum atomic E-state index is -0.249. The molecule has 0 saturated carbocycles. The smallest absolute Gasteiger partial charge is 0.255 e. The van der Waals surface area contributed by atoms with Crippen LogP contribution in [0.1, 0.15) is 22.8 Å². The third-order valence-corrected chi connectivity index (χ3v) is 4.69. The Morgan fingerprint density at radius 3 is 2.72 bits per heavy atom. The van der Waals surface area contributed by atoms with Crippen molar-refractivity contribution >= 4 is 11.6 Å². The summed E-state index contributed by atoms with van der Waals surface area (Å²) in [4.78, 5) is 25.4. The van der Waals surface area contributed by atoms with Crippen LogP contribution in [0.4, 0.5) is 5.69 Å². The first-order chi connectivity index (χ1) is 15.6. The molecule has 0 saturated heterocycles. The van der Waals surface area contributed by atoms with Crippen molar-refractivity contribution in [3.63, 3.8) is 0 Å². The molecule has 4 aromatic rings. The summed E-state index contributed by atoms with van der Waals surface area (Å²) in [6.45, 7) is 4.38. The second-order valence-electron chi connectivity index (χ2n) is 6.95. The number of hydrogen-bond acceptors (Lipinski definition) is 6. The molecule has 4 rings (SSSR count). The first kappa shape index (κ1) is 21.0. The van der Waals surface area contributed by atoms with Crippen LogP contribution in [-0.4, -0.2) is 27.5 Å². The van der Waals surface area contributed by atoms with E-state index >= 15 is 0 Å². The van der Waals surface area contributed by atoms with Crippen molar-refractivity contribution in [3.05, 3.63) is 90.5 Å². The summed E-state index contributed by atoms with van der Waals surface area (Å²) < 4.78 is 11.6. The van der Waals surface area contributed by atoms with Gasteiger partial charge in [0.15, 0.2) is 0 Å². The maximum atomic E-state index is 12.8. The van der Waals surface area contributed by atoms with E-state index in [0.29, 0.717) is 40.9 Å². The lowest BCUT2D eigenvalue weighted by Gasteiger charge is -2.13. The number of aromatic nitrogens is 3. The number of benzene rings is 2. The number of aryl methyl sites for hydroxylation is 1. The van der Waals surface area contributed by atoms with Gasteiger partial charge in [0.25, 0.3) is 5.91 Å². The van der Waals surface area contributed by atoms with Crippen LogP contribution in [0.2, 0.25) is 0 Å². The average Bonchev–Trinajstić information content (AvgIpc) is 2.82. The predicted octanol–water partition coefficient (Wildman–Crippen LogP) is 5.29. The maximum Gasteiger partial charge on any atom is 0.255 e. The zero-order valence-corrected chi connectivity index (χ0v) is 17.8. The van der Waals surface area contributed by atoms with E-state index in [9.17, 15) is 4.79 Å². The molecule has 0 bridgehead atoms. The molecular weight excluding hydrogens is 404 g/mol. The summed E-state index contributed by atoms with van der Waals surface area (Å²) >= 11 is 0. The van der Waals surface area contributed by atoms with Gasteiger partial charge < -0.3 is 14.8 Å². The number of carbonyl (C=O) groups is 1. The lowest BCUT2D eigenvalue weighted by molar-refractivity contribution is 0.102. The van der Waals surface area contributed by atoms with Gasteiger partial charge in [-0.15, -0.1) is 0 Å². The van der Waals surface area contributed by atoms with Gasteiger partial charge in [0.1, 0.15) is 17.8 Å². The molecule has 0 aliphatic rings. The summed E-state index contributed by atoms with van der Waals surface area (Å²) in [5.41, 5.74) is 3.42. The Balaban J connectivity index is 1.58. The largest absolute Gasteiger partial charge is 0.494 e. The SMILES string of the molecule is CCOc1cccc(NC(=O)c2ccc(C)c(Oc3ncccc3-c3ccncn3)c2)c1. The average molecular weight is 426 g/mol. The third-order valence-electron chi connectivity index (χ3n) is 4.69. The van der Waals surface area contributed by atoms with Gasteiger partial charge in [0.05, 0.1) is 17.9 Å². The lowest BCUT2D eigenvalue weighted by atomic mass is 10.1. The standard InChI is InChI=1S/C25H22N4O3/c1-3-31-20-7-4-6-19(15-20)29-24(30)18-10-9-17(2)23(14-18)32-25-21(8-5-12-27-25)22-11-13-26-16-28-22/h4-16H,3H2,1-2H3,(H,29,30). The maximum absolute atomic E-state index is 12.8. The molecule has 2 aromatic heterocycles. The number of nitrogens with zero attached hydrogens (tertiary/aromatic N) is 3. The lowest BCUT2D eigenvalue weighted by Crippen LogP contribution is -2.12. The van der Waals surface area contributed by atoms with Crippen LogP contribution in [0.3, 0.4) is 0 Å². The number of ether oxygens (including phenoxy) is 2. The second-order valence-corrected chi connectivity index (χ2v) is 6.95. The molecule has 2 heterocycles. The van der Waals surface area contributed by atoms with E-state index in [2.05, 4.69) is 20.3 Å². The summed E-state index contributed by atoms with van der Waals surface area (Å²) in [7, 11) is 0. The molecule has 1 N–H and O–H groups in total. The molecule has 32 heavy (non-hydrogen) atoms. The monoisotopic (exact) mass is 426 g/mol. The van der Waals surface area contributed by atoms with E-state index in [0.717, 1.165) is 11.1 Å². The van der Waals surface area contributed by atoms with Crippen LogP contribution in [0, 0.1) is 6.92 Å². The van der Waals surface area contributed by atoms with Gasteiger partial charge in [-0.25, -0.2) is 15.0 Å². The molecule has 0 atom stereocenters. The normalized spacial score (nSPS) is 10.4. The van der Waals surface area contributed by atoms with Gasteiger partial charge >= 0.3 is 0 Å². The van der Waals surface area contributed by atoms with Gasteiger partial charge in [0, 0.05) is 29.7 Å². The molecule has 0 aliphatic carbocycles. The van der Waals surface area contributed by atoms with Crippen molar-refractivity contribution in [2.45, 2.75) is 13.8 Å². The topological polar surface area (TPSA) is 86.2 Å². The first-order valence-electron chi connectivity index (χ1n) is 10.2. The number of amides is 1. The van der Waals surface area contributed by atoms with E-state index in [4.69, 9.17) is 9.47 Å². The van der Waals surface area contributed by atoms with Crippen molar-refractivity contribution in [1.82, 2.24) is 15.0 Å². The first-order valence-corrected chi connectivity index (χ1v) is 10.2. The molecule has 2 aromatic carbocycles. The fourth-order valence-corrected chi connectivity index (χ4v) is 3.11. The zero-order chi connectivity index (χ0) is 22.3. The van der Waals surface area contributed by atoms with E-state index in [-0.39, 0.29) is 5.91 Å². The molecule has 0 fully saturated rings. The van der Waals surface area contributed by atoms with Gasteiger partial charge in [-0.3, -0.25) is 4.79 Å². The number of rotatable bonds is 7. The minimum absolute atomic E-state index is 0.249. The highest BCUT2D eigenvalue weighted by molar-refractivity contribution is 6.04. The fraction of sp³-hybridized carbons (Fsp3) is 0.120. The van der Waals surface area contributed by atoms with Crippen molar-refractivity contribution < 1.29 is 14.3 Å². The number of nitrogens with one attached hydrogen (secondary N) is 1. The molecule has 0 radical (unpaired) electrons. The Kier molecular flexibility index (Phi) is 6.36. The number of pyridine rings is 1. The predicted molar refractivity (Wildman–Crippen MR) is 122 cm³/mol. The summed E-state index contributed by atoms with van der Waals surface area (Å²) in [5.74, 6) is 1.39. The van der Waals surface area contributed by atoms with Crippen LogP contribution >= 0.6 is 0 Å². The highest BCUT2D eigenvalue weighted by atomic mass is 16.5. The van der Waals surface area contributed by atoms with Crippen LogP contribution in [-0.2, 0) is 0 Å². The number of hydrogen-bond donors (Lipinski definition) is 1. The summed E-state index contributed by atoms with van der Waals surface area (Å²) in [6.07, 6.45) is 4.79. The Labute approximate surface area is 186 Å². The van der Waals surface area contributed by atoms with Crippen molar-refractivity contribution in [2.24, 2.45) is 0 Å². The molecule has 7 heteroatoms. The Bertz CT molecular complexity index is 1230. The molecule has 160 valence electrons. The number of carbonyl (C=O) groups excluding carboxylic acids is 1. The highest BCUT2D eigenvalue weighted by Gasteiger charge is 2.14. The molecule has 0 unspecified atom stereocenters. The Morgan fingerprint density at radius 1 is 1.00 bits per heavy atom. The van der Waals surface area contributed by atoms with Gasteiger partial charge in [0.2, 0.25) is 5.88 Å². The van der Waals surface area contributed by atoms with Crippen LogP contribution in [0.5, 0.6) is 17.4 Å². The molecule has 7 nitrogen and oxygen atoms in total. The molecule has 0 spiro atoms. The minimum Gasteiger partial charge on any atom is -0.494 e. The van der Waals surface area contributed by atoms with E-state index in [1.165, 1.54) is 6.33 Å². The van der Waals surface area contributed by atoms with Gasteiger partial charge in [-0.2, -0.15) is 0 Å². The molecule has 0 aliphatic heterocycles. The third kappa shape index (κ3) is 4.89. The second kappa shape index (κ2) is 9.70. The Hall–Kier alpha value is -4.26. The van der Waals surface area contributed by atoms with Gasteiger partial charge in [-0.1, -0.05) is 12.1 Å². The van der Waals surface area contributed by atoms with Crippen molar-refractivity contribution in [3.8, 4) is 28.6 Å². The number of anilines is 1. The fourth-order valence-electron chi connectivity index (χ4n) is 3.11. The summed E-state index contributed by atoms with van der Waals surface area (Å²) in [6, 6.07) is 18.1.